The van der Waals surface area contributed by atoms with Crippen LogP contribution >= 0.6 is 11.6 Å². The second-order valence-corrected chi connectivity index (χ2v) is 12.0. The minimum Gasteiger partial charge on any atom is -0.457 e. The molecule has 0 radical (unpaired) electrons. The summed E-state index contributed by atoms with van der Waals surface area (Å²) in [6, 6.07) is 0. The van der Waals surface area contributed by atoms with Gasteiger partial charge in [-0.25, -0.2) is 0 Å². The van der Waals surface area contributed by atoms with Gasteiger partial charge in [0.1, 0.15) is 0 Å². The van der Waals surface area contributed by atoms with E-state index in [1.807, 2.05) is 26.8 Å². The standard InChI is InChI=1S/C28H37ClO7/c1-6-23(33)35-15-22(32)28(36-24(34)7-2)16(3)12-20-19-9-8-17-13-18(30)10-11-25(17,4)27(19,29)21(31)14-26(20,28)5/h10-11,13,16,19-21,31H,6-9,12,14-15H2,1-5H3/t16-,19-,20-,21-,25-,26-,27+,28-/m0/s1. The van der Waals surface area contributed by atoms with Crippen LogP contribution in [0.15, 0.2) is 23.8 Å². The van der Waals surface area contributed by atoms with E-state index in [0.29, 0.717) is 19.3 Å². The molecule has 36 heavy (non-hydrogen) atoms. The molecule has 3 fully saturated rings. The van der Waals surface area contributed by atoms with Crippen molar-refractivity contribution >= 4 is 35.1 Å². The van der Waals surface area contributed by atoms with Gasteiger partial charge >= 0.3 is 11.9 Å². The van der Waals surface area contributed by atoms with Crippen LogP contribution in [0.4, 0.5) is 0 Å². The first-order valence-electron chi connectivity index (χ1n) is 13.0. The summed E-state index contributed by atoms with van der Waals surface area (Å²) in [7, 11) is 0. The number of ketones is 2. The van der Waals surface area contributed by atoms with Gasteiger partial charge in [0.15, 0.2) is 18.0 Å². The van der Waals surface area contributed by atoms with Crippen LogP contribution in [0.1, 0.15) is 73.1 Å². The zero-order chi connectivity index (χ0) is 26.7. The predicted octanol–water partition coefficient (Wildman–Crippen LogP) is 4.09. The van der Waals surface area contributed by atoms with Crippen molar-refractivity contribution in [2.24, 2.45) is 28.6 Å². The largest absolute Gasteiger partial charge is 0.457 e. The van der Waals surface area contributed by atoms with Gasteiger partial charge in [0, 0.05) is 29.6 Å². The summed E-state index contributed by atoms with van der Waals surface area (Å²) in [5, 5.41) is 11.8. The van der Waals surface area contributed by atoms with E-state index >= 15 is 0 Å². The first-order valence-corrected chi connectivity index (χ1v) is 13.4. The quantitative estimate of drug-likeness (QED) is 0.415. The number of aliphatic hydroxyl groups excluding tert-OH is 1. The van der Waals surface area contributed by atoms with Crippen LogP contribution in [-0.2, 0) is 28.7 Å². The van der Waals surface area contributed by atoms with E-state index in [1.165, 1.54) is 6.08 Å². The zero-order valence-electron chi connectivity index (χ0n) is 21.8. The SMILES string of the molecule is CCC(=O)OCC(=O)[C@@]1(OC(=O)CC)[C@@H](C)C[C@H]2[C@@H]3CCC4=CC(=O)C=C[C@]4(C)[C@]3(Cl)[C@@H](O)C[C@@]21C. The van der Waals surface area contributed by atoms with Crippen LogP contribution in [0.25, 0.3) is 0 Å². The van der Waals surface area contributed by atoms with Crippen molar-refractivity contribution < 1.29 is 33.8 Å². The van der Waals surface area contributed by atoms with E-state index in [4.69, 9.17) is 21.1 Å². The molecular formula is C28H37ClO7. The van der Waals surface area contributed by atoms with Crippen molar-refractivity contribution in [3.05, 3.63) is 23.8 Å². The Hall–Kier alpha value is -1.99. The smallest absolute Gasteiger partial charge is 0.306 e. The number of esters is 2. The molecule has 8 heteroatoms. The maximum atomic E-state index is 13.9. The number of allylic oxidation sites excluding steroid dienone is 4. The fraction of sp³-hybridized carbons (Fsp3) is 0.714. The van der Waals surface area contributed by atoms with Crippen molar-refractivity contribution in [2.45, 2.75) is 89.7 Å². The zero-order valence-corrected chi connectivity index (χ0v) is 22.5. The second-order valence-electron chi connectivity index (χ2n) is 11.4. The third-order valence-corrected chi connectivity index (χ3v) is 10.7. The minimum absolute atomic E-state index is 0.0801. The summed E-state index contributed by atoms with van der Waals surface area (Å²) in [6.45, 7) is 8.61. The molecule has 4 rings (SSSR count). The van der Waals surface area contributed by atoms with Gasteiger partial charge in [-0.15, -0.1) is 11.6 Å². The fourth-order valence-corrected chi connectivity index (χ4v) is 8.53. The fourth-order valence-electron chi connectivity index (χ4n) is 8.01. The lowest BCUT2D eigenvalue weighted by Gasteiger charge is -2.64. The van der Waals surface area contributed by atoms with E-state index in [0.717, 1.165) is 5.57 Å². The molecule has 0 amide bonds. The average molecular weight is 521 g/mol. The molecule has 7 nitrogen and oxygen atoms in total. The molecule has 0 unspecified atom stereocenters. The molecule has 0 heterocycles. The maximum Gasteiger partial charge on any atom is 0.306 e. The summed E-state index contributed by atoms with van der Waals surface area (Å²) < 4.78 is 11.3. The first-order chi connectivity index (χ1) is 16.8. The van der Waals surface area contributed by atoms with E-state index in [9.17, 15) is 24.3 Å². The summed E-state index contributed by atoms with van der Waals surface area (Å²) >= 11 is 7.48. The highest BCUT2D eigenvalue weighted by Crippen LogP contribution is 2.72. The van der Waals surface area contributed by atoms with Crippen LogP contribution in [0.5, 0.6) is 0 Å². The lowest BCUT2D eigenvalue weighted by molar-refractivity contribution is -0.203. The molecule has 1 N–H and O–H groups in total. The molecule has 8 atom stereocenters. The molecule has 0 aromatic heterocycles. The number of hydrogen-bond acceptors (Lipinski definition) is 7. The Labute approximate surface area is 217 Å². The summed E-state index contributed by atoms with van der Waals surface area (Å²) in [5.74, 6) is -2.24. The minimum atomic E-state index is -1.55. The molecular weight excluding hydrogens is 484 g/mol. The number of fused-ring (bicyclic) bond motifs is 5. The van der Waals surface area contributed by atoms with Crippen molar-refractivity contribution in [1.82, 2.24) is 0 Å². The molecule has 0 spiro atoms. The van der Waals surface area contributed by atoms with E-state index in [2.05, 4.69) is 0 Å². The Morgan fingerprint density at radius 1 is 1.14 bits per heavy atom. The van der Waals surface area contributed by atoms with Gasteiger partial charge in [-0.2, -0.15) is 0 Å². The number of alkyl halides is 1. The Bertz CT molecular complexity index is 1050. The molecule has 0 aromatic rings. The first kappa shape index (κ1) is 27.1. The number of hydrogen-bond donors (Lipinski definition) is 1. The summed E-state index contributed by atoms with van der Waals surface area (Å²) in [6.07, 6.45) is 6.18. The average Bonchev–Trinajstić information content (AvgIpc) is 3.05. The topological polar surface area (TPSA) is 107 Å². The Balaban J connectivity index is 1.80. The molecule has 0 aliphatic heterocycles. The second kappa shape index (κ2) is 9.09. The number of aliphatic hydroxyl groups is 1. The third-order valence-electron chi connectivity index (χ3n) is 9.81. The van der Waals surface area contributed by atoms with E-state index < -0.39 is 51.7 Å². The Morgan fingerprint density at radius 2 is 1.81 bits per heavy atom. The van der Waals surface area contributed by atoms with Crippen LogP contribution in [0.3, 0.4) is 0 Å². The van der Waals surface area contributed by atoms with Crippen molar-refractivity contribution in [3.8, 4) is 0 Å². The lowest BCUT2D eigenvalue weighted by atomic mass is 9.45. The molecule has 198 valence electrons. The van der Waals surface area contributed by atoms with Crippen LogP contribution < -0.4 is 0 Å². The number of halogens is 1. The van der Waals surface area contributed by atoms with Gasteiger partial charge in [0.2, 0.25) is 5.78 Å². The van der Waals surface area contributed by atoms with E-state index in [-0.39, 0.29) is 42.8 Å². The molecule has 4 aliphatic carbocycles. The van der Waals surface area contributed by atoms with Crippen molar-refractivity contribution in [3.63, 3.8) is 0 Å². The van der Waals surface area contributed by atoms with E-state index in [1.54, 1.807) is 19.9 Å². The van der Waals surface area contributed by atoms with Gasteiger partial charge < -0.3 is 14.6 Å². The number of Topliss-reactive ketones (excluding diaryl/α,β-unsaturated/α-hetero) is 1. The maximum absolute atomic E-state index is 13.9. The number of carbonyl (C=O) groups excluding carboxylic acids is 4. The predicted molar refractivity (Wildman–Crippen MR) is 133 cm³/mol. The third kappa shape index (κ3) is 3.48. The van der Waals surface area contributed by atoms with Crippen LogP contribution in [0.2, 0.25) is 0 Å². The van der Waals surface area contributed by atoms with Crippen LogP contribution in [0, 0.1) is 28.6 Å². The van der Waals surface area contributed by atoms with Gasteiger partial charge in [-0.05, 0) is 49.7 Å². The molecule has 3 saturated carbocycles. The van der Waals surface area contributed by atoms with Crippen molar-refractivity contribution in [1.29, 1.82) is 0 Å². The molecule has 0 aromatic carbocycles. The van der Waals surface area contributed by atoms with Gasteiger partial charge in [-0.1, -0.05) is 46.3 Å². The summed E-state index contributed by atoms with van der Waals surface area (Å²) in [5.41, 5.74) is -2.27. The highest BCUT2D eigenvalue weighted by atomic mass is 35.5. The van der Waals surface area contributed by atoms with Gasteiger partial charge in [-0.3, -0.25) is 19.2 Å². The van der Waals surface area contributed by atoms with Gasteiger partial charge in [0.05, 0.1) is 11.0 Å². The number of ether oxygens (including phenoxy) is 2. The molecule has 0 bridgehead atoms. The normalized spacial score (nSPS) is 43.1. The number of rotatable bonds is 6. The highest BCUT2D eigenvalue weighted by Gasteiger charge is 2.76. The van der Waals surface area contributed by atoms with Crippen LogP contribution in [-0.4, -0.2) is 51.8 Å². The lowest BCUT2D eigenvalue weighted by Crippen LogP contribution is -2.69. The molecule has 4 aliphatic rings. The highest BCUT2D eigenvalue weighted by molar-refractivity contribution is 6.26. The van der Waals surface area contributed by atoms with Crippen molar-refractivity contribution in [2.75, 3.05) is 6.61 Å². The number of carbonyl (C=O) groups is 4. The Morgan fingerprint density at radius 3 is 2.44 bits per heavy atom. The van der Waals surface area contributed by atoms with Gasteiger partial charge in [0.25, 0.3) is 0 Å². The Kier molecular flexibility index (Phi) is 6.83. The summed E-state index contributed by atoms with van der Waals surface area (Å²) in [4.78, 5) is 49.5. The monoisotopic (exact) mass is 520 g/mol. The molecule has 0 saturated heterocycles.